The van der Waals surface area contributed by atoms with Crippen molar-refractivity contribution < 1.29 is 14.7 Å². The zero-order valence-corrected chi connectivity index (χ0v) is 9.73. The summed E-state index contributed by atoms with van der Waals surface area (Å²) in [5.74, 6) is 0.0688. The molecular weight excluding hydrogens is 214 g/mol. The lowest BCUT2D eigenvalue weighted by Crippen LogP contribution is -2.36. The van der Waals surface area contributed by atoms with Crippen LogP contribution in [0.4, 0.5) is 0 Å². The SMILES string of the molecule is CC1(CNC(=O)CCC(=O)O)CCCS1. The van der Waals surface area contributed by atoms with E-state index in [0.29, 0.717) is 6.54 Å². The van der Waals surface area contributed by atoms with Crippen molar-refractivity contribution in [3.8, 4) is 0 Å². The Morgan fingerprint density at radius 3 is 2.73 bits per heavy atom. The van der Waals surface area contributed by atoms with E-state index < -0.39 is 5.97 Å². The van der Waals surface area contributed by atoms with E-state index in [2.05, 4.69) is 12.2 Å². The second-order valence-electron chi connectivity index (χ2n) is 4.07. The summed E-state index contributed by atoms with van der Waals surface area (Å²) in [6, 6.07) is 0. The van der Waals surface area contributed by atoms with Gasteiger partial charge in [0.1, 0.15) is 0 Å². The predicted molar refractivity (Wildman–Crippen MR) is 60.0 cm³/mol. The molecule has 0 radical (unpaired) electrons. The number of carboxylic acid groups (broad SMARTS) is 1. The highest BCUT2D eigenvalue weighted by Crippen LogP contribution is 2.36. The van der Waals surface area contributed by atoms with Gasteiger partial charge in [-0.15, -0.1) is 0 Å². The van der Waals surface area contributed by atoms with Gasteiger partial charge in [0, 0.05) is 17.7 Å². The van der Waals surface area contributed by atoms with Crippen LogP contribution in [0.2, 0.25) is 0 Å². The van der Waals surface area contributed by atoms with E-state index in [1.807, 2.05) is 11.8 Å². The number of thioether (sulfide) groups is 1. The molecule has 4 nitrogen and oxygen atoms in total. The molecule has 5 heteroatoms. The van der Waals surface area contributed by atoms with Crippen molar-refractivity contribution in [1.29, 1.82) is 0 Å². The predicted octanol–water partition coefficient (Wildman–Crippen LogP) is 1.25. The van der Waals surface area contributed by atoms with Crippen molar-refractivity contribution in [2.75, 3.05) is 12.3 Å². The van der Waals surface area contributed by atoms with Gasteiger partial charge in [-0.05, 0) is 25.5 Å². The number of carboxylic acids is 1. The lowest BCUT2D eigenvalue weighted by Gasteiger charge is -2.22. The summed E-state index contributed by atoms with van der Waals surface area (Å²) < 4.78 is 0.152. The average molecular weight is 231 g/mol. The first kappa shape index (κ1) is 12.4. The lowest BCUT2D eigenvalue weighted by atomic mass is 10.1. The number of aliphatic carboxylic acids is 1. The van der Waals surface area contributed by atoms with Gasteiger partial charge in [-0.3, -0.25) is 9.59 Å². The molecule has 2 N–H and O–H groups in total. The minimum Gasteiger partial charge on any atom is -0.481 e. The van der Waals surface area contributed by atoms with Crippen LogP contribution in [-0.2, 0) is 9.59 Å². The van der Waals surface area contributed by atoms with Crippen molar-refractivity contribution in [2.45, 2.75) is 37.4 Å². The Morgan fingerprint density at radius 2 is 2.20 bits per heavy atom. The molecule has 0 saturated carbocycles. The summed E-state index contributed by atoms with van der Waals surface area (Å²) in [6.45, 7) is 2.79. The minimum absolute atomic E-state index is 0.0794. The van der Waals surface area contributed by atoms with Crippen LogP contribution >= 0.6 is 11.8 Å². The Hall–Kier alpha value is -0.710. The fourth-order valence-electron chi connectivity index (χ4n) is 1.57. The largest absolute Gasteiger partial charge is 0.481 e. The summed E-state index contributed by atoms with van der Waals surface area (Å²) in [5, 5.41) is 11.2. The van der Waals surface area contributed by atoms with E-state index in [-0.39, 0.29) is 23.5 Å². The van der Waals surface area contributed by atoms with Crippen LogP contribution in [0.25, 0.3) is 0 Å². The zero-order chi connectivity index (χ0) is 11.3. The van der Waals surface area contributed by atoms with E-state index in [0.717, 1.165) is 12.2 Å². The molecule has 1 aliphatic rings. The van der Waals surface area contributed by atoms with E-state index in [1.54, 1.807) is 0 Å². The van der Waals surface area contributed by atoms with E-state index in [1.165, 1.54) is 6.42 Å². The molecule has 1 rings (SSSR count). The van der Waals surface area contributed by atoms with Gasteiger partial charge in [-0.2, -0.15) is 11.8 Å². The Balaban J connectivity index is 2.18. The van der Waals surface area contributed by atoms with E-state index >= 15 is 0 Å². The van der Waals surface area contributed by atoms with Gasteiger partial charge in [-0.25, -0.2) is 0 Å². The highest BCUT2D eigenvalue weighted by Gasteiger charge is 2.29. The van der Waals surface area contributed by atoms with E-state index in [9.17, 15) is 9.59 Å². The van der Waals surface area contributed by atoms with Gasteiger partial charge >= 0.3 is 5.97 Å². The molecule has 1 aliphatic heterocycles. The standard InChI is InChI=1S/C10H17NO3S/c1-10(5-2-6-15-10)7-11-8(12)3-4-9(13)14/h2-7H2,1H3,(H,11,12)(H,13,14). The molecule has 1 saturated heterocycles. The molecule has 0 spiro atoms. The molecule has 15 heavy (non-hydrogen) atoms. The number of carbonyl (C=O) groups excluding carboxylic acids is 1. The Labute approximate surface area is 93.8 Å². The number of amides is 1. The lowest BCUT2D eigenvalue weighted by molar-refractivity contribution is -0.138. The van der Waals surface area contributed by atoms with Crippen molar-refractivity contribution in [2.24, 2.45) is 0 Å². The van der Waals surface area contributed by atoms with Crippen molar-refractivity contribution in [3.63, 3.8) is 0 Å². The molecule has 0 aromatic rings. The maximum atomic E-state index is 11.3. The molecule has 0 aromatic heterocycles. The number of nitrogens with one attached hydrogen (secondary N) is 1. The fraction of sp³-hybridized carbons (Fsp3) is 0.800. The van der Waals surface area contributed by atoms with Crippen LogP contribution in [0, 0.1) is 0 Å². The van der Waals surface area contributed by atoms with Crippen molar-refractivity contribution >= 4 is 23.6 Å². The molecule has 0 aliphatic carbocycles. The molecule has 1 unspecified atom stereocenters. The van der Waals surface area contributed by atoms with Crippen molar-refractivity contribution in [3.05, 3.63) is 0 Å². The van der Waals surface area contributed by atoms with Crippen molar-refractivity contribution in [1.82, 2.24) is 5.32 Å². The van der Waals surface area contributed by atoms with Crippen LogP contribution in [0.5, 0.6) is 0 Å². The minimum atomic E-state index is -0.924. The van der Waals surface area contributed by atoms with Gasteiger partial charge in [0.25, 0.3) is 0 Å². The molecule has 1 atom stereocenters. The van der Waals surface area contributed by atoms with Crippen LogP contribution in [0.1, 0.15) is 32.6 Å². The number of hydrogen-bond acceptors (Lipinski definition) is 3. The highest BCUT2D eigenvalue weighted by atomic mass is 32.2. The zero-order valence-electron chi connectivity index (χ0n) is 8.91. The number of carbonyl (C=O) groups is 2. The van der Waals surface area contributed by atoms with Gasteiger partial charge in [0.15, 0.2) is 0 Å². The molecular formula is C10H17NO3S. The normalized spacial score (nSPS) is 25.1. The molecule has 1 amide bonds. The maximum Gasteiger partial charge on any atom is 0.303 e. The Bertz CT molecular complexity index is 249. The topological polar surface area (TPSA) is 66.4 Å². The third-order valence-electron chi connectivity index (χ3n) is 2.53. The van der Waals surface area contributed by atoms with Gasteiger partial charge < -0.3 is 10.4 Å². The van der Waals surface area contributed by atoms with E-state index in [4.69, 9.17) is 5.11 Å². The van der Waals surface area contributed by atoms with Gasteiger partial charge in [0.05, 0.1) is 6.42 Å². The fourth-order valence-corrected chi connectivity index (χ4v) is 2.82. The Kier molecular flexibility index (Phi) is 4.45. The Morgan fingerprint density at radius 1 is 1.47 bits per heavy atom. The second kappa shape index (κ2) is 5.39. The summed E-state index contributed by atoms with van der Waals surface area (Å²) >= 11 is 1.88. The smallest absolute Gasteiger partial charge is 0.303 e. The molecule has 86 valence electrons. The first-order valence-corrected chi connectivity index (χ1v) is 6.13. The van der Waals surface area contributed by atoms with Gasteiger partial charge in [-0.1, -0.05) is 0 Å². The first-order chi connectivity index (χ1) is 7.02. The molecule has 0 bridgehead atoms. The molecule has 1 heterocycles. The summed E-state index contributed by atoms with van der Waals surface area (Å²) in [4.78, 5) is 21.5. The summed E-state index contributed by atoms with van der Waals surface area (Å²) in [5.41, 5.74) is 0. The third kappa shape index (κ3) is 4.55. The highest BCUT2D eigenvalue weighted by molar-refractivity contribution is 8.00. The quantitative estimate of drug-likeness (QED) is 0.747. The number of rotatable bonds is 5. The van der Waals surface area contributed by atoms with Crippen LogP contribution < -0.4 is 5.32 Å². The first-order valence-electron chi connectivity index (χ1n) is 5.14. The van der Waals surface area contributed by atoms with Crippen LogP contribution in [0.15, 0.2) is 0 Å². The maximum absolute atomic E-state index is 11.3. The van der Waals surface area contributed by atoms with Crippen LogP contribution in [0.3, 0.4) is 0 Å². The molecule has 0 aromatic carbocycles. The van der Waals surface area contributed by atoms with Gasteiger partial charge in [0.2, 0.25) is 5.91 Å². The average Bonchev–Trinajstić information content (AvgIpc) is 2.60. The van der Waals surface area contributed by atoms with Crippen LogP contribution in [-0.4, -0.2) is 34.0 Å². The molecule has 1 fully saturated rings. The summed E-state index contributed by atoms with van der Waals surface area (Å²) in [6.07, 6.45) is 2.31. The third-order valence-corrected chi connectivity index (χ3v) is 4.06. The summed E-state index contributed by atoms with van der Waals surface area (Å²) in [7, 11) is 0. The number of hydrogen-bond donors (Lipinski definition) is 2. The second-order valence-corrected chi connectivity index (χ2v) is 5.75. The monoisotopic (exact) mass is 231 g/mol.